The molecule has 1 aromatic heterocycles. The molecule has 1 aliphatic heterocycles. The number of aromatic carboxylic acids is 1. The van der Waals surface area contributed by atoms with Crippen LogP contribution in [0.15, 0.2) is 24.3 Å². The molecule has 2 heterocycles. The molecule has 1 fully saturated rings. The van der Waals surface area contributed by atoms with Gasteiger partial charge >= 0.3 is 5.97 Å². The van der Waals surface area contributed by atoms with E-state index in [0.29, 0.717) is 11.5 Å². The van der Waals surface area contributed by atoms with E-state index in [-0.39, 0.29) is 12.4 Å². The Hall–Kier alpha value is -1.50. The molecule has 7 heteroatoms. The maximum absolute atomic E-state index is 11.0. The molecule has 0 saturated carbocycles. The van der Waals surface area contributed by atoms with Crippen LogP contribution in [-0.2, 0) is 0 Å². The Kier molecular flexibility index (Phi) is 10.0. The summed E-state index contributed by atoms with van der Waals surface area (Å²) in [4.78, 5) is 13.6. The molecule has 0 radical (unpaired) electrons. The molecule has 0 spiro atoms. The van der Waals surface area contributed by atoms with E-state index in [1.807, 2.05) is 12.1 Å². The van der Waals surface area contributed by atoms with Gasteiger partial charge in [0, 0.05) is 11.5 Å². The second-order valence-corrected chi connectivity index (χ2v) is 8.72. The van der Waals surface area contributed by atoms with E-state index in [1.165, 1.54) is 45.1 Å². The number of carboxylic acid groups (broad SMARTS) is 1. The molecule has 0 amide bonds. The van der Waals surface area contributed by atoms with Crippen molar-refractivity contribution in [3.63, 3.8) is 0 Å². The van der Waals surface area contributed by atoms with Gasteiger partial charge in [0.25, 0.3) is 0 Å². The van der Waals surface area contributed by atoms with Gasteiger partial charge in [-0.2, -0.15) is 0 Å². The van der Waals surface area contributed by atoms with Crippen LogP contribution in [0, 0.1) is 0 Å². The standard InChI is InChI=1S/C22H31N3O2S.ClH/c1-2-3-4-5-6-7-14-25-15-12-18(13-16-25)21-24-23-20(28-21)17-8-10-19(11-9-17)22(26)27;/h8-11,18H,2-7,12-16H2,1H3,(H,26,27);1H. The molecule has 5 nitrogen and oxygen atoms in total. The van der Waals surface area contributed by atoms with Gasteiger partial charge in [-0.15, -0.1) is 22.6 Å². The average molecular weight is 438 g/mol. The van der Waals surface area contributed by atoms with Gasteiger partial charge in [0.15, 0.2) is 0 Å². The fourth-order valence-corrected chi connectivity index (χ4v) is 4.81. The Morgan fingerprint density at radius 3 is 2.38 bits per heavy atom. The van der Waals surface area contributed by atoms with Gasteiger partial charge in [-0.1, -0.05) is 62.5 Å². The minimum atomic E-state index is -0.905. The lowest BCUT2D eigenvalue weighted by atomic mass is 9.97. The van der Waals surface area contributed by atoms with Gasteiger partial charge in [0.2, 0.25) is 0 Å². The Morgan fingerprint density at radius 2 is 1.72 bits per heavy atom. The minimum Gasteiger partial charge on any atom is -0.478 e. The first-order valence-corrected chi connectivity index (χ1v) is 11.4. The third kappa shape index (κ3) is 7.05. The summed E-state index contributed by atoms with van der Waals surface area (Å²) >= 11 is 1.65. The molecule has 3 rings (SSSR count). The van der Waals surface area contributed by atoms with Crippen molar-refractivity contribution in [2.75, 3.05) is 19.6 Å². The highest BCUT2D eigenvalue weighted by molar-refractivity contribution is 7.14. The first-order chi connectivity index (χ1) is 13.7. The van der Waals surface area contributed by atoms with Crippen LogP contribution in [0.25, 0.3) is 10.6 Å². The topological polar surface area (TPSA) is 66.3 Å². The van der Waals surface area contributed by atoms with Gasteiger partial charge in [0.05, 0.1) is 5.56 Å². The van der Waals surface area contributed by atoms with E-state index in [0.717, 1.165) is 41.5 Å². The number of carboxylic acids is 1. The largest absolute Gasteiger partial charge is 0.478 e. The van der Waals surface area contributed by atoms with E-state index in [1.54, 1.807) is 23.5 Å². The van der Waals surface area contributed by atoms with Crippen LogP contribution in [0.3, 0.4) is 0 Å². The van der Waals surface area contributed by atoms with Crippen molar-refractivity contribution in [3.05, 3.63) is 34.8 Å². The summed E-state index contributed by atoms with van der Waals surface area (Å²) < 4.78 is 0. The molecule has 1 saturated heterocycles. The molecule has 0 unspecified atom stereocenters. The molecule has 1 N–H and O–H groups in total. The minimum absolute atomic E-state index is 0. The summed E-state index contributed by atoms with van der Waals surface area (Å²) in [5.41, 5.74) is 1.24. The van der Waals surface area contributed by atoms with Crippen LogP contribution in [0.5, 0.6) is 0 Å². The Labute approximate surface area is 184 Å². The molecule has 160 valence electrons. The molecule has 0 aliphatic carbocycles. The van der Waals surface area contributed by atoms with E-state index in [4.69, 9.17) is 5.11 Å². The van der Waals surface area contributed by atoms with Crippen LogP contribution < -0.4 is 0 Å². The van der Waals surface area contributed by atoms with E-state index >= 15 is 0 Å². The van der Waals surface area contributed by atoms with Crippen LogP contribution in [0.2, 0.25) is 0 Å². The van der Waals surface area contributed by atoms with Gasteiger partial charge < -0.3 is 10.0 Å². The zero-order valence-corrected chi connectivity index (χ0v) is 18.8. The first kappa shape index (κ1) is 23.8. The van der Waals surface area contributed by atoms with Crippen molar-refractivity contribution in [2.45, 2.75) is 64.2 Å². The average Bonchev–Trinajstić information content (AvgIpc) is 3.21. The third-order valence-corrected chi connectivity index (χ3v) is 6.72. The zero-order valence-electron chi connectivity index (χ0n) is 17.2. The molecular formula is C22H32ClN3O2S. The van der Waals surface area contributed by atoms with Crippen LogP contribution in [-0.4, -0.2) is 45.8 Å². The number of aromatic nitrogens is 2. The first-order valence-electron chi connectivity index (χ1n) is 10.6. The summed E-state index contributed by atoms with van der Waals surface area (Å²) in [5.74, 6) is -0.400. The Morgan fingerprint density at radius 1 is 1.07 bits per heavy atom. The highest BCUT2D eigenvalue weighted by Gasteiger charge is 2.23. The van der Waals surface area contributed by atoms with Crippen LogP contribution in [0.1, 0.15) is 79.6 Å². The third-order valence-electron chi connectivity index (χ3n) is 5.58. The van der Waals surface area contributed by atoms with Crippen LogP contribution in [0.4, 0.5) is 0 Å². The van der Waals surface area contributed by atoms with Crippen LogP contribution >= 0.6 is 23.7 Å². The van der Waals surface area contributed by atoms with Gasteiger partial charge in [-0.25, -0.2) is 4.79 Å². The number of halogens is 1. The fraction of sp³-hybridized carbons (Fsp3) is 0.591. The lowest BCUT2D eigenvalue weighted by Gasteiger charge is -2.30. The van der Waals surface area contributed by atoms with Crippen molar-refractivity contribution in [2.24, 2.45) is 0 Å². The number of likely N-dealkylation sites (tertiary alicyclic amines) is 1. The fourth-order valence-electron chi connectivity index (χ4n) is 3.79. The van der Waals surface area contributed by atoms with Crippen molar-refractivity contribution in [3.8, 4) is 10.6 Å². The number of benzene rings is 1. The Balaban J connectivity index is 0.00000300. The highest BCUT2D eigenvalue weighted by atomic mass is 35.5. The number of rotatable bonds is 10. The summed E-state index contributed by atoms with van der Waals surface area (Å²) in [6.45, 7) is 5.81. The maximum atomic E-state index is 11.0. The number of piperidine rings is 1. The van der Waals surface area contributed by atoms with Crippen molar-refractivity contribution >= 4 is 29.7 Å². The molecule has 0 bridgehead atoms. The van der Waals surface area contributed by atoms with Crippen molar-refractivity contribution < 1.29 is 9.90 Å². The van der Waals surface area contributed by atoms with E-state index in [9.17, 15) is 4.79 Å². The molecule has 0 atom stereocenters. The van der Waals surface area contributed by atoms with E-state index < -0.39 is 5.97 Å². The van der Waals surface area contributed by atoms with Crippen molar-refractivity contribution in [1.29, 1.82) is 0 Å². The Bertz CT molecular complexity index is 743. The summed E-state index contributed by atoms with van der Waals surface area (Å²) in [5, 5.41) is 19.8. The lowest BCUT2D eigenvalue weighted by molar-refractivity contribution is 0.0697. The predicted molar refractivity (Wildman–Crippen MR) is 121 cm³/mol. The maximum Gasteiger partial charge on any atom is 0.335 e. The molecule has 29 heavy (non-hydrogen) atoms. The number of carbonyl (C=O) groups is 1. The molecule has 1 aromatic carbocycles. The van der Waals surface area contributed by atoms with Gasteiger partial charge in [-0.3, -0.25) is 0 Å². The zero-order chi connectivity index (χ0) is 19.8. The lowest BCUT2D eigenvalue weighted by Crippen LogP contribution is -2.33. The summed E-state index contributed by atoms with van der Waals surface area (Å²) in [6, 6.07) is 6.88. The predicted octanol–water partition coefficient (Wildman–Crippen LogP) is 5.87. The summed E-state index contributed by atoms with van der Waals surface area (Å²) in [6.07, 6.45) is 10.4. The second kappa shape index (κ2) is 12.3. The normalized spacial score (nSPS) is 15.2. The molecule has 2 aromatic rings. The van der Waals surface area contributed by atoms with Gasteiger partial charge in [-0.05, 0) is 51.0 Å². The quantitative estimate of drug-likeness (QED) is 0.471. The number of hydrogen-bond acceptors (Lipinski definition) is 5. The van der Waals surface area contributed by atoms with Crippen molar-refractivity contribution in [1.82, 2.24) is 15.1 Å². The highest BCUT2D eigenvalue weighted by Crippen LogP contribution is 2.33. The number of nitrogens with zero attached hydrogens (tertiary/aromatic N) is 3. The van der Waals surface area contributed by atoms with Gasteiger partial charge in [0.1, 0.15) is 10.0 Å². The number of hydrogen-bond donors (Lipinski definition) is 1. The smallest absolute Gasteiger partial charge is 0.335 e. The second-order valence-electron chi connectivity index (χ2n) is 7.71. The SMILES string of the molecule is CCCCCCCCN1CCC(c2nnc(-c3ccc(C(=O)O)cc3)s2)CC1.Cl. The summed E-state index contributed by atoms with van der Waals surface area (Å²) in [7, 11) is 0. The van der Waals surface area contributed by atoms with E-state index in [2.05, 4.69) is 22.0 Å². The molecular weight excluding hydrogens is 406 g/mol. The number of unbranched alkanes of at least 4 members (excludes halogenated alkanes) is 5. The monoisotopic (exact) mass is 437 g/mol. The molecule has 1 aliphatic rings.